The molecule has 0 amide bonds. The number of rotatable bonds is 6. The van der Waals surface area contributed by atoms with E-state index in [2.05, 4.69) is 18.6 Å². The van der Waals surface area contributed by atoms with Crippen LogP contribution in [0.15, 0.2) is 29.2 Å². The second-order valence-corrected chi connectivity index (χ2v) is 7.82. The summed E-state index contributed by atoms with van der Waals surface area (Å²) in [6.07, 6.45) is 0.948. The molecule has 1 aromatic carbocycles. The van der Waals surface area contributed by atoms with E-state index in [0.29, 0.717) is 5.92 Å². The predicted octanol–water partition coefficient (Wildman–Crippen LogP) is 2.32. The Bertz CT molecular complexity index is 505. The molecule has 1 rings (SSSR count). The zero-order chi connectivity index (χ0) is 14.7. The number of sulfonamides is 1. The quantitative estimate of drug-likeness (QED) is 0.845. The molecule has 0 fully saturated rings. The number of halogens is 1. The first-order valence-electron chi connectivity index (χ1n) is 6.48. The first-order chi connectivity index (χ1) is 8.60. The molecule has 0 spiro atoms. The summed E-state index contributed by atoms with van der Waals surface area (Å²) >= 11 is 0. The smallest absolute Gasteiger partial charge is 0.240 e. The standard InChI is InChI=1S/C14H24N2O2S.ClH/c1-11(2)9-12-5-7-13(8-6-12)19(17,18)16-10-14(3,4)15;/h5-8,11,16H,9-10,15H2,1-4H3;1H. The summed E-state index contributed by atoms with van der Waals surface area (Å²) in [4.78, 5) is 0.282. The van der Waals surface area contributed by atoms with E-state index in [4.69, 9.17) is 5.73 Å². The highest BCUT2D eigenvalue weighted by Crippen LogP contribution is 2.13. The molecular weight excluding hydrogens is 296 g/mol. The molecule has 0 atom stereocenters. The van der Waals surface area contributed by atoms with Crippen LogP contribution in [0.5, 0.6) is 0 Å². The maximum Gasteiger partial charge on any atom is 0.240 e. The van der Waals surface area contributed by atoms with Crippen LogP contribution in [0, 0.1) is 5.92 Å². The minimum absolute atomic E-state index is 0. The van der Waals surface area contributed by atoms with Gasteiger partial charge in [0.15, 0.2) is 0 Å². The summed E-state index contributed by atoms with van der Waals surface area (Å²) in [6.45, 7) is 8.04. The molecule has 0 radical (unpaired) electrons. The van der Waals surface area contributed by atoms with Crippen LogP contribution in [0.25, 0.3) is 0 Å². The van der Waals surface area contributed by atoms with Gasteiger partial charge in [-0.3, -0.25) is 0 Å². The maximum absolute atomic E-state index is 12.0. The van der Waals surface area contributed by atoms with E-state index in [-0.39, 0.29) is 23.8 Å². The largest absolute Gasteiger partial charge is 0.324 e. The highest BCUT2D eigenvalue weighted by Gasteiger charge is 2.18. The summed E-state index contributed by atoms with van der Waals surface area (Å²) in [6, 6.07) is 7.01. The summed E-state index contributed by atoms with van der Waals surface area (Å²) in [5.74, 6) is 0.554. The third kappa shape index (κ3) is 6.70. The van der Waals surface area contributed by atoms with Gasteiger partial charge in [-0.05, 0) is 43.9 Å². The van der Waals surface area contributed by atoms with E-state index < -0.39 is 15.6 Å². The highest BCUT2D eigenvalue weighted by atomic mass is 35.5. The summed E-state index contributed by atoms with van der Waals surface area (Å²) in [7, 11) is -3.47. The van der Waals surface area contributed by atoms with Crippen molar-refractivity contribution in [2.75, 3.05) is 6.54 Å². The van der Waals surface area contributed by atoms with Crippen molar-refractivity contribution in [1.29, 1.82) is 0 Å². The third-order valence-electron chi connectivity index (χ3n) is 2.60. The Balaban J connectivity index is 0.00000361. The Morgan fingerprint density at radius 2 is 1.70 bits per heavy atom. The molecule has 6 heteroatoms. The Kier molecular flexibility index (Phi) is 7.18. The van der Waals surface area contributed by atoms with Gasteiger partial charge in [0.1, 0.15) is 0 Å². The summed E-state index contributed by atoms with van der Waals surface area (Å²) < 4.78 is 26.6. The Morgan fingerprint density at radius 3 is 2.10 bits per heavy atom. The monoisotopic (exact) mass is 320 g/mol. The van der Waals surface area contributed by atoms with Gasteiger partial charge in [-0.1, -0.05) is 26.0 Å². The second kappa shape index (κ2) is 7.41. The number of nitrogens with two attached hydrogens (primary N) is 1. The maximum atomic E-state index is 12.0. The first-order valence-corrected chi connectivity index (χ1v) is 7.96. The molecule has 0 saturated heterocycles. The number of nitrogens with one attached hydrogen (secondary N) is 1. The Morgan fingerprint density at radius 1 is 1.20 bits per heavy atom. The molecule has 4 nitrogen and oxygen atoms in total. The van der Waals surface area contributed by atoms with Crippen LogP contribution in [0.4, 0.5) is 0 Å². The molecule has 0 unspecified atom stereocenters. The fraction of sp³-hybridized carbons (Fsp3) is 0.571. The lowest BCUT2D eigenvalue weighted by Gasteiger charge is -2.19. The average Bonchev–Trinajstić information content (AvgIpc) is 2.26. The van der Waals surface area contributed by atoms with Crippen LogP contribution in [0.3, 0.4) is 0 Å². The highest BCUT2D eigenvalue weighted by molar-refractivity contribution is 7.89. The topological polar surface area (TPSA) is 72.2 Å². The summed E-state index contributed by atoms with van der Waals surface area (Å²) in [5, 5.41) is 0. The molecule has 116 valence electrons. The minimum atomic E-state index is -3.47. The molecule has 3 N–H and O–H groups in total. The van der Waals surface area contributed by atoms with Crippen LogP contribution in [-0.4, -0.2) is 20.5 Å². The van der Waals surface area contributed by atoms with Crippen molar-refractivity contribution < 1.29 is 8.42 Å². The first kappa shape index (κ1) is 19.4. The lowest BCUT2D eigenvalue weighted by Crippen LogP contribution is -2.45. The SMILES string of the molecule is CC(C)Cc1ccc(S(=O)(=O)NCC(C)(C)N)cc1.Cl. The van der Waals surface area contributed by atoms with Crippen molar-refractivity contribution in [3.63, 3.8) is 0 Å². The molecule has 0 saturated carbocycles. The Labute approximate surface area is 128 Å². The lowest BCUT2D eigenvalue weighted by atomic mass is 10.0. The number of hydrogen-bond acceptors (Lipinski definition) is 3. The van der Waals surface area contributed by atoms with Crippen LogP contribution in [-0.2, 0) is 16.4 Å². The van der Waals surface area contributed by atoms with Gasteiger partial charge in [0.05, 0.1) is 4.90 Å². The van der Waals surface area contributed by atoms with Crippen molar-refractivity contribution in [1.82, 2.24) is 4.72 Å². The van der Waals surface area contributed by atoms with Gasteiger partial charge in [-0.15, -0.1) is 12.4 Å². The van der Waals surface area contributed by atoms with Gasteiger partial charge in [0, 0.05) is 12.1 Å². The van der Waals surface area contributed by atoms with E-state index in [9.17, 15) is 8.42 Å². The second-order valence-electron chi connectivity index (χ2n) is 6.06. The normalized spacial score (nSPS) is 12.3. The third-order valence-corrected chi connectivity index (χ3v) is 4.01. The van der Waals surface area contributed by atoms with E-state index in [1.54, 1.807) is 26.0 Å². The molecule has 0 bridgehead atoms. The zero-order valence-corrected chi connectivity index (χ0v) is 14.1. The number of benzene rings is 1. The van der Waals surface area contributed by atoms with Crippen LogP contribution in [0.2, 0.25) is 0 Å². The lowest BCUT2D eigenvalue weighted by molar-refractivity contribution is 0.498. The van der Waals surface area contributed by atoms with Crippen LogP contribution in [0.1, 0.15) is 33.3 Å². The molecule has 1 aromatic rings. The van der Waals surface area contributed by atoms with Gasteiger partial charge in [-0.25, -0.2) is 13.1 Å². The van der Waals surface area contributed by atoms with Gasteiger partial charge >= 0.3 is 0 Å². The zero-order valence-electron chi connectivity index (χ0n) is 12.5. The van der Waals surface area contributed by atoms with E-state index in [1.165, 1.54) is 0 Å². The molecule has 0 aromatic heterocycles. The van der Waals surface area contributed by atoms with Gasteiger partial charge in [-0.2, -0.15) is 0 Å². The molecule has 0 aliphatic rings. The minimum Gasteiger partial charge on any atom is -0.324 e. The van der Waals surface area contributed by atoms with E-state index in [0.717, 1.165) is 12.0 Å². The van der Waals surface area contributed by atoms with Crippen molar-refractivity contribution >= 4 is 22.4 Å². The molecule has 0 aliphatic heterocycles. The Hall–Kier alpha value is -0.620. The van der Waals surface area contributed by atoms with Crippen molar-refractivity contribution in [2.45, 2.75) is 44.6 Å². The van der Waals surface area contributed by atoms with Gasteiger partial charge in [0.25, 0.3) is 0 Å². The van der Waals surface area contributed by atoms with Gasteiger partial charge < -0.3 is 5.73 Å². The van der Waals surface area contributed by atoms with E-state index in [1.807, 2.05) is 12.1 Å². The fourth-order valence-corrected chi connectivity index (χ4v) is 2.86. The van der Waals surface area contributed by atoms with Crippen molar-refractivity contribution in [3.8, 4) is 0 Å². The van der Waals surface area contributed by atoms with Crippen molar-refractivity contribution in [2.24, 2.45) is 11.7 Å². The average molecular weight is 321 g/mol. The van der Waals surface area contributed by atoms with Crippen molar-refractivity contribution in [3.05, 3.63) is 29.8 Å². The molecule has 0 heterocycles. The fourth-order valence-electron chi connectivity index (χ4n) is 1.64. The number of hydrogen-bond donors (Lipinski definition) is 2. The molecule has 0 aliphatic carbocycles. The molecule has 20 heavy (non-hydrogen) atoms. The predicted molar refractivity (Wildman–Crippen MR) is 85.7 cm³/mol. The van der Waals surface area contributed by atoms with Gasteiger partial charge in [0.2, 0.25) is 10.0 Å². The summed E-state index contributed by atoms with van der Waals surface area (Å²) in [5.41, 5.74) is 6.35. The molecular formula is C14H25ClN2O2S. The van der Waals surface area contributed by atoms with Crippen LogP contribution >= 0.6 is 12.4 Å². The van der Waals surface area contributed by atoms with Crippen LogP contribution < -0.4 is 10.5 Å². The van der Waals surface area contributed by atoms with E-state index >= 15 is 0 Å².